The smallest absolute Gasteiger partial charge is 0.261 e. The van der Waals surface area contributed by atoms with Gasteiger partial charge in [-0.2, -0.15) is 0 Å². The van der Waals surface area contributed by atoms with Crippen LogP contribution in [0.5, 0.6) is 0 Å². The molecular weight excluding hydrogens is 444 g/mol. The molecule has 4 rings (SSSR count). The molecule has 0 aromatic heterocycles. The summed E-state index contributed by atoms with van der Waals surface area (Å²) in [5.74, 6) is -0.238. The quantitative estimate of drug-likeness (QED) is 0.368. The molecule has 172 valence electrons. The maximum Gasteiger partial charge on any atom is 0.261 e. The van der Waals surface area contributed by atoms with Crippen molar-refractivity contribution < 1.29 is 13.2 Å². The Kier molecular flexibility index (Phi) is 6.80. The molecule has 6 heteroatoms. The molecule has 0 heterocycles. The Morgan fingerprint density at radius 3 is 2.00 bits per heavy atom. The minimum absolute atomic E-state index is 0.181. The summed E-state index contributed by atoms with van der Waals surface area (Å²) in [5, 5.41) is 3.15. The Morgan fingerprint density at radius 2 is 1.35 bits per heavy atom. The molecule has 4 aromatic rings. The summed E-state index contributed by atoms with van der Waals surface area (Å²) >= 11 is 0. The van der Waals surface area contributed by atoms with Crippen LogP contribution in [0.2, 0.25) is 0 Å². The van der Waals surface area contributed by atoms with Crippen LogP contribution < -0.4 is 10.0 Å². The van der Waals surface area contributed by atoms with Gasteiger partial charge in [-0.25, -0.2) is 8.42 Å². The van der Waals surface area contributed by atoms with Crippen LogP contribution in [0.3, 0.4) is 0 Å². The molecule has 1 atom stereocenters. The molecule has 2 N–H and O–H groups in total. The number of carbonyl (C=O) groups excluding carboxylic acids is 1. The maximum absolute atomic E-state index is 13.2. The molecule has 0 unspecified atom stereocenters. The zero-order valence-electron chi connectivity index (χ0n) is 19.0. The van der Waals surface area contributed by atoms with Crippen molar-refractivity contribution in [2.75, 3.05) is 4.72 Å². The van der Waals surface area contributed by atoms with Gasteiger partial charge >= 0.3 is 0 Å². The first kappa shape index (κ1) is 23.3. The number of rotatable bonds is 7. The van der Waals surface area contributed by atoms with Crippen molar-refractivity contribution in [3.63, 3.8) is 0 Å². The summed E-state index contributed by atoms with van der Waals surface area (Å²) in [6, 6.07) is 30.6. The van der Waals surface area contributed by atoms with Crippen LogP contribution in [-0.2, 0) is 10.0 Å². The van der Waals surface area contributed by atoms with Crippen LogP contribution >= 0.6 is 0 Å². The summed E-state index contributed by atoms with van der Waals surface area (Å²) in [7, 11) is -3.72. The van der Waals surface area contributed by atoms with E-state index < -0.39 is 10.0 Å². The van der Waals surface area contributed by atoms with E-state index in [1.807, 2.05) is 61.5 Å². The van der Waals surface area contributed by atoms with Gasteiger partial charge in [0.2, 0.25) is 0 Å². The number of aryl methyl sites for hydroxylation is 2. The standard InChI is InChI=1S/C28H26N2O3S/c1-20-11-9-10-16-25(20)27(22-12-5-3-6-13-22)29-28(31)23-17-18-26(21(2)19-23)30-34(32,33)24-14-7-4-8-15-24/h3-19,27,30H,1-2H3,(H,29,31)/t27-/m1/s1. The van der Waals surface area contributed by atoms with Crippen molar-refractivity contribution in [3.05, 3.63) is 131 Å². The molecule has 0 aliphatic carbocycles. The number of carbonyl (C=O) groups is 1. The van der Waals surface area contributed by atoms with E-state index >= 15 is 0 Å². The number of amides is 1. The fraction of sp³-hybridized carbons (Fsp3) is 0.107. The summed E-state index contributed by atoms with van der Waals surface area (Å²) in [4.78, 5) is 13.4. The molecule has 0 spiro atoms. The van der Waals surface area contributed by atoms with Crippen LogP contribution in [0.1, 0.15) is 38.7 Å². The highest BCUT2D eigenvalue weighted by Gasteiger charge is 2.20. The van der Waals surface area contributed by atoms with Crippen molar-refractivity contribution in [1.82, 2.24) is 5.32 Å². The van der Waals surface area contributed by atoms with Gasteiger partial charge in [-0.3, -0.25) is 9.52 Å². The maximum atomic E-state index is 13.2. The summed E-state index contributed by atoms with van der Waals surface area (Å²) in [6.07, 6.45) is 0. The third-order valence-electron chi connectivity index (χ3n) is 5.69. The number of sulfonamides is 1. The van der Waals surface area contributed by atoms with E-state index in [-0.39, 0.29) is 16.8 Å². The van der Waals surface area contributed by atoms with E-state index in [9.17, 15) is 13.2 Å². The van der Waals surface area contributed by atoms with Gasteiger partial charge in [-0.1, -0.05) is 72.8 Å². The number of hydrogen-bond acceptors (Lipinski definition) is 3. The summed E-state index contributed by atoms with van der Waals surface area (Å²) in [6.45, 7) is 3.80. The number of hydrogen-bond donors (Lipinski definition) is 2. The lowest BCUT2D eigenvalue weighted by molar-refractivity contribution is 0.0943. The highest BCUT2D eigenvalue weighted by Crippen LogP contribution is 2.26. The predicted octanol–water partition coefficient (Wildman–Crippen LogP) is 5.62. The lowest BCUT2D eigenvalue weighted by Gasteiger charge is -2.22. The Balaban J connectivity index is 1.59. The molecule has 0 aliphatic rings. The molecule has 0 saturated heterocycles. The van der Waals surface area contributed by atoms with Crippen molar-refractivity contribution in [3.8, 4) is 0 Å². The Labute approximate surface area is 200 Å². The van der Waals surface area contributed by atoms with Crippen molar-refractivity contribution in [2.24, 2.45) is 0 Å². The zero-order chi connectivity index (χ0) is 24.1. The highest BCUT2D eigenvalue weighted by atomic mass is 32.2. The molecule has 0 radical (unpaired) electrons. The van der Waals surface area contributed by atoms with Crippen LogP contribution in [0.25, 0.3) is 0 Å². The number of anilines is 1. The van der Waals surface area contributed by atoms with Gasteiger partial charge in [0.25, 0.3) is 15.9 Å². The van der Waals surface area contributed by atoms with E-state index in [0.29, 0.717) is 16.8 Å². The molecule has 34 heavy (non-hydrogen) atoms. The fourth-order valence-electron chi connectivity index (χ4n) is 3.83. The minimum Gasteiger partial charge on any atom is -0.341 e. The monoisotopic (exact) mass is 470 g/mol. The molecule has 0 aliphatic heterocycles. The largest absolute Gasteiger partial charge is 0.341 e. The molecule has 1 amide bonds. The van der Waals surface area contributed by atoms with Gasteiger partial charge in [0.1, 0.15) is 0 Å². The third-order valence-corrected chi connectivity index (χ3v) is 7.08. The Hall–Kier alpha value is -3.90. The zero-order valence-corrected chi connectivity index (χ0v) is 19.8. The second-order valence-corrected chi connectivity index (χ2v) is 9.80. The average Bonchev–Trinajstić information content (AvgIpc) is 2.85. The number of nitrogens with one attached hydrogen (secondary N) is 2. The van der Waals surface area contributed by atoms with Gasteiger partial charge in [0.15, 0.2) is 0 Å². The predicted molar refractivity (Wildman–Crippen MR) is 135 cm³/mol. The normalized spacial score (nSPS) is 12.1. The van der Waals surface area contributed by atoms with E-state index in [0.717, 1.165) is 16.7 Å². The first-order chi connectivity index (χ1) is 16.3. The second-order valence-electron chi connectivity index (χ2n) is 8.12. The fourth-order valence-corrected chi connectivity index (χ4v) is 4.99. The topological polar surface area (TPSA) is 75.3 Å². The second kappa shape index (κ2) is 9.93. The first-order valence-electron chi connectivity index (χ1n) is 10.9. The van der Waals surface area contributed by atoms with E-state index in [1.54, 1.807) is 43.3 Å². The van der Waals surface area contributed by atoms with Gasteiger partial charge in [-0.05, 0) is 66.4 Å². The SMILES string of the molecule is Cc1cc(C(=O)N[C@H](c2ccccc2)c2ccccc2C)ccc1NS(=O)(=O)c1ccccc1. The van der Waals surface area contributed by atoms with Gasteiger partial charge in [0.05, 0.1) is 16.6 Å². The lowest BCUT2D eigenvalue weighted by atomic mass is 9.94. The average molecular weight is 471 g/mol. The number of benzene rings is 4. The van der Waals surface area contributed by atoms with Crippen LogP contribution in [0, 0.1) is 13.8 Å². The molecule has 0 bridgehead atoms. The first-order valence-corrected chi connectivity index (χ1v) is 12.4. The summed E-state index contributed by atoms with van der Waals surface area (Å²) < 4.78 is 28.0. The van der Waals surface area contributed by atoms with Crippen LogP contribution in [-0.4, -0.2) is 14.3 Å². The molecule has 0 saturated carbocycles. The molecular formula is C28H26N2O3S. The van der Waals surface area contributed by atoms with Crippen LogP contribution in [0.4, 0.5) is 5.69 Å². The summed E-state index contributed by atoms with van der Waals surface area (Å²) in [5.41, 5.74) is 4.62. The van der Waals surface area contributed by atoms with E-state index in [2.05, 4.69) is 10.0 Å². The third kappa shape index (κ3) is 5.18. The molecule has 5 nitrogen and oxygen atoms in total. The van der Waals surface area contributed by atoms with Gasteiger partial charge < -0.3 is 5.32 Å². The highest BCUT2D eigenvalue weighted by molar-refractivity contribution is 7.92. The van der Waals surface area contributed by atoms with Gasteiger partial charge in [0, 0.05) is 5.56 Å². The Bertz CT molecular complexity index is 1400. The Morgan fingerprint density at radius 1 is 0.735 bits per heavy atom. The molecule has 0 fully saturated rings. The molecule has 4 aromatic carbocycles. The van der Waals surface area contributed by atoms with E-state index in [1.165, 1.54) is 12.1 Å². The van der Waals surface area contributed by atoms with Crippen molar-refractivity contribution >= 4 is 21.6 Å². The minimum atomic E-state index is -3.72. The lowest BCUT2D eigenvalue weighted by Crippen LogP contribution is -2.30. The van der Waals surface area contributed by atoms with Crippen LogP contribution in [0.15, 0.2) is 108 Å². The van der Waals surface area contributed by atoms with E-state index in [4.69, 9.17) is 0 Å². The van der Waals surface area contributed by atoms with Crippen molar-refractivity contribution in [2.45, 2.75) is 24.8 Å². The van der Waals surface area contributed by atoms with Gasteiger partial charge in [-0.15, -0.1) is 0 Å². The van der Waals surface area contributed by atoms with Crippen molar-refractivity contribution in [1.29, 1.82) is 0 Å².